The van der Waals surface area contributed by atoms with Gasteiger partial charge in [-0.15, -0.1) is 0 Å². The third-order valence-corrected chi connectivity index (χ3v) is 5.54. The predicted octanol–water partition coefficient (Wildman–Crippen LogP) is 3.33. The SMILES string of the molecule is O[C@H]1C[C@H](c2ccccc2)OC2(CCN(Cc3ccccn3)CC2)C1. The van der Waals surface area contributed by atoms with Gasteiger partial charge in [-0.2, -0.15) is 0 Å². The minimum absolute atomic E-state index is 0.00675. The molecule has 25 heavy (non-hydrogen) atoms. The molecule has 0 aliphatic carbocycles. The number of piperidine rings is 1. The van der Waals surface area contributed by atoms with E-state index in [-0.39, 0.29) is 17.8 Å². The van der Waals surface area contributed by atoms with Crippen LogP contribution in [0.5, 0.6) is 0 Å². The van der Waals surface area contributed by atoms with E-state index in [1.807, 2.05) is 36.5 Å². The molecule has 1 aromatic carbocycles. The average Bonchev–Trinajstić information content (AvgIpc) is 2.65. The average molecular weight is 338 g/mol. The summed E-state index contributed by atoms with van der Waals surface area (Å²) in [6.07, 6.45) is 4.98. The predicted molar refractivity (Wildman–Crippen MR) is 97.0 cm³/mol. The van der Waals surface area contributed by atoms with Crippen molar-refractivity contribution in [3.63, 3.8) is 0 Å². The van der Waals surface area contributed by atoms with Crippen LogP contribution in [0.2, 0.25) is 0 Å². The summed E-state index contributed by atoms with van der Waals surface area (Å²) in [5.74, 6) is 0. The molecule has 1 spiro atoms. The van der Waals surface area contributed by atoms with E-state index >= 15 is 0 Å². The van der Waals surface area contributed by atoms with Gasteiger partial charge in [0.05, 0.1) is 23.5 Å². The Kier molecular flexibility index (Phi) is 4.84. The maximum atomic E-state index is 10.5. The number of aliphatic hydroxyl groups excluding tert-OH is 1. The van der Waals surface area contributed by atoms with Gasteiger partial charge in [-0.25, -0.2) is 0 Å². The number of hydrogen-bond acceptors (Lipinski definition) is 4. The summed E-state index contributed by atoms with van der Waals surface area (Å²) in [5, 5.41) is 10.5. The summed E-state index contributed by atoms with van der Waals surface area (Å²) < 4.78 is 6.57. The maximum absolute atomic E-state index is 10.5. The smallest absolute Gasteiger partial charge is 0.0857 e. The van der Waals surface area contributed by atoms with Gasteiger partial charge >= 0.3 is 0 Å². The summed E-state index contributed by atoms with van der Waals surface area (Å²) in [6, 6.07) is 16.4. The molecular weight excluding hydrogens is 312 g/mol. The second-order valence-electron chi connectivity index (χ2n) is 7.39. The van der Waals surface area contributed by atoms with E-state index in [4.69, 9.17) is 4.74 Å². The van der Waals surface area contributed by atoms with Crippen molar-refractivity contribution in [2.45, 2.75) is 50.0 Å². The van der Waals surface area contributed by atoms with Crippen LogP contribution in [0.4, 0.5) is 0 Å². The second-order valence-corrected chi connectivity index (χ2v) is 7.39. The highest BCUT2D eigenvalue weighted by Crippen LogP contribution is 2.43. The maximum Gasteiger partial charge on any atom is 0.0857 e. The first kappa shape index (κ1) is 16.7. The molecule has 2 atom stereocenters. The van der Waals surface area contributed by atoms with Crippen molar-refractivity contribution < 1.29 is 9.84 Å². The lowest BCUT2D eigenvalue weighted by Gasteiger charge is -2.48. The molecule has 0 amide bonds. The number of hydrogen-bond donors (Lipinski definition) is 1. The van der Waals surface area contributed by atoms with Crippen molar-refractivity contribution in [3.8, 4) is 0 Å². The van der Waals surface area contributed by atoms with Gasteiger partial charge in [0.15, 0.2) is 0 Å². The van der Waals surface area contributed by atoms with Crippen molar-refractivity contribution in [3.05, 3.63) is 66.0 Å². The summed E-state index contributed by atoms with van der Waals surface area (Å²) in [5.41, 5.74) is 2.11. The Labute approximate surface area is 149 Å². The molecule has 3 heterocycles. The van der Waals surface area contributed by atoms with Gasteiger partial charge in [0.1, 0.15) is 0 Å². The molecule has 2 fully saturated rings. The number of ether oxygens (including phenoxy) is 1. The quantitative estimate of drug-likeness (QED) is 0.932. The second kappa shape index (κ2) is 7.24. The molecule has 0 bridgehead atoms. The topological polar surface area (TPSA) is 45.6 Å². The van der Waals surface area contributed by atoms with Crippen LogP contribution in [0.25, 0.3) is 0 Å². The molecule has 4 heteroatoms. The fraction of sp³-hybridized carbons (Fsp3) is 0.476. The summed E-state index contributed by atoms with van der Waals surface area (Å²) in [7, 11) is 0. The van der Waals surface area contributed by atoms with Crippen LogP contribution in [0.1, 0.15) is 43.0 Å². The zero-order valence-corrected chi connectivity index (χ0v) is 14.6. The monoisotopic (exact) mass is 338 g/mol. The van der Waals surface area contributed by atoms with Gasteiger partial charge in [-0.05, 0) is 30.5 Å². The number of aliphatic hydroxyl groups is 1. The molecule has 132 valence electrons. The first-order valence-electron chi connectivity index (χ1n) is 9.26. The Bertz CT molecular complexity index is 669. The van der Waals surface area contributed by atoms with Crippen molar-refractivity contribution in [2.75, 3.05) is 13.1 Å². The first-order chi connectivity index (χ1) is 12.2. The third-order valence-electron chi connectivity index (χ3n) is 5.54. The van der Waals surface area contributed by atoms with Crippen LogP contribution in [0.3, 0.4) is 0 Å². The number of rotatable bonds is 3. The lowest BCUT2D eigenvalue weighted by Crippen LogP contribution is -2.50. The van der Waals surface area contributed by atoms with Crippen molar-refractivity contribution in [1.29, 1.82) is 0 Å². The lowest BCUT2D eigenvalue weighted by atomic mass is 9.81. The highest BCUT2D eigenvalue weighted by molar-refractivity contribution is 5.19. The molecule has 1 aromatic heterocycles. The Morgan fingerprint density at radius 2 is 1.84 bits per heavy atom. The van der Waals surface area contributed by atoms with Crippen LogP contribution in [0.15, 0.2) is 54.7 Å². The molecule has 4 nitrogen and oxygen atoms in total. The Morgan fingerprint density at radius 3 is 2.56 bits per heavy atom. The zero-order chi connectivity index (χ0) is 17.1. The Hall–Kier alpha value is -1.75. The minimum atomic E-state index is -0.277. The van der Waals surface area contributed by atoms with E-state index in [0.29, 0.717) is 6.42 Å². The molecule has 2 aliphatic rings. The van der Waals surface area contributed by atoms with Crippen LogP contribution in [0, 0.1) is 0 Å². The molecule has 0 saturated carbocycles. The van der Waals surface area contributed by atoms with Crippen LogP contribution in [-0.4, -0.2) is 39.8 Å². The molecule has 2 aliphatic heterocycles. The lowest BCUT2D eigenvalue weighted by molar-refractivity contribution is -0.184. The summed E-state index contributed by atoms with van der Waals surface area (Å²) >= 11 is 0. The molecule has 0 radical (unpaired) electrons. The Morgan fingerprint density at radius 1 is 1.08 bits per heavy atom. The molecule has 0 unspecified atom stereocenters. The van der Waals surface area contributed by atoms with Crippen molar-refractivity contribution in [1.82, 2.24) is 9.88 Å². The zero-order valence-electron chi connectivity index (χ0n) is 14.6. The van der Waals surface area contributed by atoms with E-state index in [1.165, 1.54) is 5.56 Å². The van der Waals surface area contributed by atoms with Gasteiger partial charge in [0, 0.05) is 38.7 Å². The highest BCUT2D eigenvalue weighted by Gasteiger charge is 2.43. The number of aromatic nitrogens is 1. The van der Waals surface area contributed by atoms with Gasteiger partial charge in [-0.1, -0.05) is 36.4 Å². The van der Waals surface area contributed by atoms with E-state index in [9.17, 15) is 5.11 Å². The van der Waals surface area contributed by atoms with Gasteiger partial charge < -0.3 is 9.84 Å². The number of pyridine rings is 1. The number of nitrogens with zero attached hydrogens (tertiary/aromatic N) is 2. The van der Waals surface area contributed by atoms with Crippen LogP contribution < -0.4 is 0 Å². The molecular formula is C21H26N2O2. The van der Waals surface area contributed by atoms with E-state index in [0.717, 1.165) is 44.6 Å². The molecule has 2 aromatic rings. The fourth-order valence-electron chi connectivity index (χ4n) is 4.19. The van der Waals surface area contributed by atoms with Gasteiger partial charge in [0.2, 0.25) is 0 Å². The van der Waals surface area contributed by atoms with Crippen molar-refractivity contribution >= 4 is 0 Å². The summed E-state index contributed by atoms with van der Waals surface area (Å²) in [6.45, 7) is 2.87. The van der Waals surface area contributed by atoms with Crippen LogP contribution in [-0.2, 0) is 11.3 Å². The normalized spacial score (nSPS) is 26.6. The molecule has 1 N–H and O–H groups in total. The summed E-state index contributed by atoms with van der Waals surface area (Å²) in [4.78, 5) is 6.87. The van der Waals surface area contributed by atoms with Crippen LogP contribution >= 0.6 is 0 Å². The highest BCUT2D eigenvalue weighted by atomic mass is 16.5. The molecule has 2 saturated heterocycles. The number of benzene rings is 1. The van der Waals surface area contributed by atoms with E-state index in [1.54, 1.807) is 0 Å². The third kappa shape index (κ3) is 3.92. The fourth-order valence-corrected chi connectivity index (χ4v) is 4.19. The number of likely N-dealkylation sites (tertiary alicyclic amines) is 1. The van der Waals surface area contributed by atoms with Gasteiger partial charge in [0.25, 0.3) is 0 Å². The largest absolute Gasteiger partial charge is 0.393 e. The molecule has 4 rings (SSSR count). The standard InChI is InChI=1S/C21H26N2O2/c24-19-14-20(17-6-2-1-3-7-17)25-21(15-19)9-12-23(13-10-21)16-18-8-4-5-11-22-18/h1-8,11,19-20,24H,9-10,12-16H2/t19-,20+/m0/s1. The van der Waals surface area contributed by atoms with E-state index < -0.39 is 0 Å². The Balaban J connectivity index is 1.41. The first-order valence-corrected chi connectivity index (χ1v) is 9.26. The van der Waals surface area contributed by atoms with Gasteiger partial charge in [-0.3, -0.25) is 9.88 Å². The van der Waals surface area contributed by atoms with E-state index in [2.05, 4.69) is 28.1 Å². The van der Waals surface area contributed by atoms with Crippen molar-refractivity contribution in [2.24, 2.45) is 0 Å². The minimum Gasteiger partial charge on any atom is -0.393 e.